The molecule has 0 bridgehead atoms. The highest BCUT2D eigenvalue weighted by Crippen LogP contribution is 2.41. The summed E-state index contributed by atoms with van der Waals surface area (Å²) in [6, 6.07) is 0. The number of rotatable bonds is 18. The summed E-state index contributed by atoms with van der Waals surface area (Å²) in [5, 5.41) is 0. The lowest BCUT2D eigenvalue weighted by molar-refractivity contribution is 0.0522. The number of hydrogen-bond acceptors (Lipinski definition) is 10. The van der Waals surface area contributed by atoms with E-state index in [1.807, 2.05) is 0 Å². The summed E-state index contributed by atoms with van der Waals surface area (Å²) in [6.07, 6.45) is -2.60. The molecule has 0 heterocycles. The van der Waals surface area contributed by atoms with Crippen LogP contribution < -0.4 is 0 Å². The van der Waals surface area contributed by atoms with E-state index >= 15 is 0 Å². The molecule has 0 aliphatic heterocycles. The third-order valence-corrected chi connectivity index (χ3v) is 6.06. The molecule has 2 unspecified atom stereocenters. The molecule has 0 aromatic carbocycles. The van der Waals surface area contributed by atoms with Crippen LogP contribution in [0.1, 0.15) is 0 Å². The Morgan fingerprint density at radius 2 is 0.867 bits per heavy atom. The van der Waals surface area contributed by atoms with Crippen molar-refractivity contribution in [3.8, 4) is 0 Å². The molecule has 0 fully saturated rings. The molecule has 30 heavy (non-hydrogen) atoms. The van der Waals surface area contributed by atoms with E-state index in [1.54, 1.807) is 0 Å². The molecule has 0 aromatic rings. The van der Waals surface area contributed by atoms with E-state index < -0.39 is 59.7 Å². The van der Waals surface area contributed by atoms with Crippen molar-refractivity contribution in [3.63, 3.8) is 0 Å². The van der Waals surface area contributed by atoms with Gasteiger partial charge in [-0.3, -0.25) is 28.4 Å². The fraction of sp³-hybridized carbons (Fsp3) is 1.00. The fourth-order valence-corrected chi connectivity index (χ4v) is 5.16. The first kappa shape index (κ1) is 31.0. The standard InChI is InChI=1S/C9H28N3O13P5/c13-26-24-5-11(6-25-27-14)3-1-10(7-28(15,16)17)2-4-12(8-29(18,19)20)9-30(21,22)23/h13-14,26-27H,1-9H2,(H2,15,16,17)(H2,18,19,20)(H2,21,22,23). The van der Waals surface area contributed by atoms with Gasteiger partial charge in [0.1, 0.15) is 32.3 Å². The maximum absolute atomic E-state index is 11.4. The van der Waals surface area contributed by atoms with E-state index in [9.17, 15) is 23.5 Å². The van der Waals surface area contributed by atoms with Crippen molar-refractivity contribution in [2.75, 3.05) is 58.5 Å². The Kier molecular flexibility index (Phi) is 15.5. The lowest BCUT2D eigenvalue weighted by atomic mass is 10.4. The van der Waals surface area contributed by atoms with Crippen LogP contribution in [0, 0.1) is 0 Å². The van der Waals surface area contributed by atoms with Crippen LogP contribution in [0.4, 0.5) is 0 Å². The highest BCUT2D eigenvalue weighted by Gasteiger charge is 2.27. The van der Waals surface area contributed by atoms with E-state index in [0.29, 0.717) is 0 Å². The van der Waals surface area contributed by atoms with Crippen LogP contribution in [-0.2, 0) is 22.7 Å². The molecule has 21 heteroatoms. The van der Waals surface area contributed by atoms with E-state index in [4.69, 9.17) is 38.4 Å². The van der Waals surface area contributed by atoms with Gasteiger partial charge < -0.3 is 48.2 Å². The molecular formula is C9H28N3O13P5. The van der Waals surface area contributed by atoms with Gasteiger partial charge in [-0.25, -0.2) is 0 Å². The SMILES string of the molecule is O=P(O)(O)CN(CCN(COPO)COPO)CCN(CP(=O)(O)O)CP(=O)(O)O. The second-order valence-electron chi connectivity index (χ2n) is 6.05. The van der Waals surface area contributed by atoms with Gasteiger partial charge in [0.2, 0.25) is 0 Å². The zero-order chi connectivity index (χ0) is 23.4. The lowest BCUT2D eigenvalue weighted by Crippen LogP contribution is -2.41. The maximum atomic E-state index is 11.4. The van der Waals surface area contributed by atoms with Crippen molar-refractivity contribution in [1.82, 2.24) is 14.7 Å². The van der Waals surface area contributed by atoms with Gasteiger partial charge in [-0.15, -0.1) is 0 Å². The normalized spacial score (nSPS) is 14.5. The third-order valence-electron chi connectivity index (χ3n) is 3.24. The molecule has 0 rings (SSSR count). The Morgan fingerprint density at radius 1 is 0.567 bits per heavy atom. The van der Waals surface area contributed by atoms with Crippen molar-refractivity contribution in [1.29, 1.82) is 0 Å². The van der Waals surface area contributed by atoms with E-state index in [0.717, 1.165) is 4.90 Å². The Bertz CT molecular complexity index is 579. The molecule has 0 saturated heterocycles. The van der Waals surface area contributed by atoms with Crippen LogP contribution in [0.5, 0.6) is 0 Å². The summed E-state index contributed by atoms with van der Waals surface area (Å²) in [7, 11) is -15.4. The number of nitrogens with zero attached hydrogens (tertiary/aromatic N) is 3. The van der Waals surface area contributed by atoms with Crippen molar-refractivity contribution < 1.29 is 61.9 Å². The van der Waals surface area contributed by atoms with Gasteiger partial charge in [-0.1, -0.05) is 0 Å². The molecule has 2 atom stereocenters. The molecule has 8 N–H and O–H groups in total. The molecule has 0 radical (unpaired) electrons. The van der Waals surface area contributed by atoms with Crippen LogP contribution >= 0.6 is 40.9 Å². The Balaban J connectivity index is 5.09. The minimum absolute atomic E-state index is 0.000566. The summed E-state index contributed by atoms with van der Waals surface area (Å²) >= 11 is 0. The van der Waals surface area contributed by atoms with Gasteiger partial charge in [-0.2, -0.15) is 0 Å². The van der Waals surface area contributed by atoms with Crippen molar-refractivity contribution in [2.24, 2.45) is 0 Å². The van der Waals surface area contributed by atoms with Crippen molar-refractivity contribution in [2.45, 2.75) is 0 Å². The Labute approximate surface area is 176 Å². The first-order valence-electron chi connectivity index (χ1n) is 7.98. The van der Waals surface area contributed by atoms with Crippen LogP contribution in [0.2, 0.25) is 0 Å². The summed E-state index contributed by atoms with van der Waals surface area (Å²) < 4.78 is 43.5. The summed E-state index contributed by atoms with van der Waals surface area (Å²) in [4.78, 5) is 75.8. The highest BCUT2D eigenvalue weighted by molar-refractivity contribution is 7.52. The van der Waals surface area contributed by atoms with Gasteiger partial charge in [0.15, 0.2) is 18.1 Å². The summed E-state index contributed by atoms with van der Waals surface area (Å²) in [5.41, 5.74) is 0. The molecule has 16 nitrogen and oxygen atoms in total. The fourth-order valence-electron chi connectivity index (χ4n) is 2.19. The van der Waals surface area contributed by atoms with Gasteiger partial charge >= 0.3 is 22.8 Å². The predicted molar refractivity (Wildman–Crippen MR) is 109 cm³/mol. The van der Waals surface area contributed by atoms with Crippen LogP contribution in [-0.4, -0.2) is 112 Å². The minimum Gasteiger partial charge on any atom is -0.352 e. The minimum atomic E-state index is -4.64. The monoisotopic (exact) mass is 541 g/mol. The van der Waals surface area contributed by atoms with Gasteiger partial charge in [-0.05, 0) is 0 Å². The topological polar surface area (TPSA) is 241 Å². The van der Waals surface area contributed by atoms with Crippen LogP contribution in [0.25, 0.3) is 0 Å². The molecule has 182 valence electrons. The van der Waals surface area contributed by atoms with Crippen molar-refractivity contribution >= 4 is 40.9 Å². The molecular weight excluding hydrogens is 513 g/mol. The maximum Gasteiger partial charge on any atom is 0.339 e. The average molecular weight is 541 g/mol. The van der Waals surface area contributed by atoms with Crippen LogP contribution in [0.3, 0.4) is 0 Å². The molecule has 0 aliphatic rings. The predicted octanol–water partition coefficient (Wildman–Crippen LogP) is -1.75. The van der Waals surface area contributed by atoms with E-state index in [1.165, 1.54) is 9.80 Å². The average Bonchev–Trinajstić information content (AvgIpc) is 2.54. The molecule has 0 saturated carbocycles. The lowest BCUT2D eigenvalue weighted by Gasteiger charge is -2.29. The highest BCUT2D eigenvalue weighted by atomic mass is 31.2. The summed E-state index contributed by atoms with van der Waals surface area (Å²) in [6.45, 7) is -0.576. The second kappa shape index (κ2) is 15.0. The zero-order valence-electron chi connectivity index (χ0n) is 15.7. The van der Waals surface area contributed by atoms with Gasteiger partial charge in [0.05, 0.1) is 0 Å². The summed E-state index contributed by atoms with van der Waals surface area (Å²) in [5.74, 6) is 0. The molecule has 0 aromatic heterocycles. The van der Waals surface area contributed by atoms with Gasteiger partial charge in [0, 0.05) is 26.2 Å². The Morgan fingerprint density at radius 3 is 1.20 bits per heavy atom. The van der Waals surface area contributed by atoms with E-state index in [-0.39, 0.29) is 39.6 Å². The largest absolute Gasteiger partial charge is 0.352 e. The third kappa shape index (κ3) is 19.7. The van der Waals surface area contributed by atoms with Crippen molar-refractivity contribution in [3.05, 3.63) is 0 Å². The zero-order valence-corrected chi connectivity index (χ0v) is 20.3. The number of hydrogen-bond donors (Lipinski definition) is 8. The first-order valence-corrected chi connectivity index (χ1v) is 15.1. The molecule has 0 aliphatic carbocycles. The second-order valence-corrected chi connectivity index (χ2v) is 11.8. The Hall–Kier alpha value is 1.03. The molecule has 0 amide bonds. The van der Waals surface area contributed by atoms with E-state index in [2.05, 4.69) is 0 Å². The molecule has 0 spiro atoms. The van der Waals surface area contributed by atoms with Crippen LogP contribution in [0.15, 0.2) is 0 Å². The smallest absolute Gasteiger partial charge is 0.339 e. The quantitative estimate of drug-likeness (QED) is 0.0708. The first-order chi connectivity index (χ1) is 13.6. The van der Waals surface area contributed by atoms with Gasteiger partial charge in [0.25, 0.3) is 0 Å².